The number of amides is 1. The lowest BCUT2D eigenvalue weighted by molar-refractivity contribution is 0.0953. The van der Waals surface area contributed by atoms with Crippen LogP contribution >= 0.6 is 0 Å². The van der Waals surface area contributed by atoms with Crippen molar-refractivity contribution >= 4 is 5.91 Å². The van der Waals surface area contributed by atoms with E-state index in [0.29, 0.717) is 24.5 Å². The Labute approximate surface area is 121 Å². The molecule has 0 radical (unpaired) electrons. The van der Waals surface area contributed by atoms with Gasteiger partial charge in [0.2, 0.25) is 0 Å². The molecular formula is C14H16N4O3. The lowest BCUT2D eigenvalue weighted by Gasteiger charge is -2.08. The van der Waals surface area contributed by atoms with E-state index in [1.54, 1.807) is 30.3 Å². The van der Waals surface area contributed by atoms with E-state index in [-0.39, 0.29) is 11.5 Å². The molecule has 1 aromatic carbocycles. The molecule has 3 N–H and O–H groups in total. The van der Waals surface area contributed by atoms with Crippen LogP contribution in [0, 0.1) is 6.92 Å². The number of aryl methyl sites for hydroxylation is 1. The maximum absolute atomic E-state index is 11.6. The average molecular weight is 288 g/mol. The highest BCUT2D eigenvalue weighted by Gasteiger charge is 2.03. The van der Waals surface area contributed by atoms with Crippen LogP contribution in [0.5, 0.6) is 5.75 Å². The SMILES string of the molecule is Cc1ccc(=O)n(CCOc2ccc(C(=O)NN)cc2)n1. The molecule has 7 nitrogen and oxygen atoms in total. The number of carbonyl (C=O) groups excluding carboxylic acids is 1. The molecule has 2 aromatic rings. The summed E-state index contributed by atoms with van der Waals surface area (Å²) >= 11 is 0. The predicted molar refractivity (Wildman–Crippen MR) is 76.8 cm³/mol. The summed E-state index contributed by atoms with van der Waals surface area (Å²) in [5.41, 5.74) is 3.10. The van der Waals surface area contributed by atoms with Crippen LogP contribution in [0.15, 0.2) is 41.2 Å². The molecule has 2 rings (SSSR count). The third kappa shape index (κ3) is 3.90. The van der Waals surface area contributed by atoms with E-state index in [1.807, 2.05) is 6.92 Å². The molecule has 1 aromatic heterocycles. The first-order valence-corrected chi connectivity index (χ1v) is 6.39. The van der Waals surface area contributed by atoms with Gasteiger partial charge in [0, 0.05) is 11.6 Å². The summed E-state index contributed by atoms with van der Waals surface area (Å²) in [7, 11) is 0. The molecule has 0 aliphatic heterocycles. The Morgan fingerprint density at radius 3 is 2.67 bits per heavy atom. The number of nitrogens with one attached hydrogen (secondary N) is 1. The van der Waals surface area contributed by atoms with Gasteiger partial charge in [0.05, 0.1) is 12.2 Å². The van der Waals surface area contributed by atoms with Crippen LogP contribution in [0.1, 0.15) is 16.1 Å². The van der Waals surface area contributed by atoms with Gasteiger partial charge < -0.3 is 4.74 Å². The summed E-state index contributed by atoms with van der Waals surface area (Å²) in [5.74, 6) is 5.28. The van der Waals surface area contributed by atoms with E-state index in [1.165, 1.54) is 10.7 Å². The van der Waals surface area contributed by atoms with E-state index < -0.39 is 0 Å². The Kier molecular flexibility index (Phi) is 4.68. The quantitative estimate of drug-likeness (QED) is 0.466. The minimum atomic E-state index is -0.364. The normalized spacial score (nSPS) is 10.2. The van der Waals surface area contributed by atoms with Crippen molar-refractivity contribution in [2.24, 2.45) is 5.84 Å². The predicted octanol–water partition coefficient (Wildman–Crippen LogP) is 0.234. The number of hydrogen-bond donors (Lipinski definition) is 2. The van der Waals surface area contributed by atoms with Crippen LogP contribution in [0.3, 0.4) is 0 Å². The summed E-state index contributed by atoms with van der Waals surface area (Å²) in [6.07, 6.45) is 0. The van der Waals surface area contributed by atoms with Crippen molar-refractivity contribution in [3.05, 3.63) is 58.0 Å². The number of aromatic nitrogens is 2. The number of ether oxygens (including phenoxy) is 1. The van der Waals surface area contributed by atoms with E-state index in [9.17, 15) is 9.59 Å². The molecule has 0 saturated heterocycles. The lowest BCUT2D eigenvalue weighted by atomic mass is 10.2. The van der Waals surface area contributed by atoms with Crippen LogP contribution in [0.25, 0.3) is 0 Å². The van der Waals surface area contributed by atoms with Gasteiger partial charge in [-0.05, 0) is 37.3 Å². The number of rotatable bonds is 5. The Morgan fingerprint density at radius 2 is 2.00 bits per heavy atom. The average Bonchev–Trinajstić information content (AvgIpc) is 2.50. The minimum absolute atomic E-state index is 0.167. The fourth-order valence-electron chi connectivity index (χ4n) is 1.75. The van der Waals surface area contributed by atoms with Crippen molar-refractivity contribution in [1.82, 2.24) is 15.2 Å². The highest BCUT2D eigenvalue weighted by atomic mass is 16.5. The number of hydrogen-bond acceptors (Lipinski definition) is 5. The van der Waals surface area contributed by atoms with Crippen molar-refractivity contribution in [2.45, 2.75) is 13.5 Å². The van der Waals surface area contributed by atoms with Crippen molar-refractivity contribution < 1.29 is 9.53 Å². The summed E-state index contributed by atoms with van der Waals surface area (Å²) in [4.78, 5) is 22.8. The Morgan fingerprint density at radius 1 is 1.29 bits per heavy atom. The largest absolute Gasteiger partial charge is 0.492 e. The van der Waals surface area contributed by atoms with Gasteiger partial charge >= 0.3 is 0 Å². The van der Waals surface area contributed by atoms with Crippen LogP contribution in [0.4, 0.5) is 0 Å². The van der Waals surface area contributed by atoms with Gasteiger partial charge in [-0.2, -0.15) is 5.10 Å². The molecule has 0 aliphatic rings. The van der Waals surface area contributed by atoms with E-state index in [2.05, 4.69) is 10.5 Å². The number of benzene rings is 1. The fourth-order valence-corrected chi connectivity index (χ4v) is 1.75. The van der Waals surface area contributed by atoms with E-state index in [4.69, 9.17) is 10.6 Å². The summed E-state index contributed by atoms with van der Waals surface area (Å²) in [5, 5.41) is 4.11. The zero-order chi connectivity index (χ0) is 15.2. The number of nitrogens with two attached hydrogens (primary N) is 1. The molecule has 0 aliphatic carbocycles. The molecule has 0 fully saturated rings. The first-order valence-electron chi connectivity index (χ1n) is 6.39. The molecule has 0 saturated carbocycles. The van der Waals surface area contributed by atoms with Crippen LogP contribution in [-0.4, -0.2) is 22.3 Å². The van der Waals surface area contributed by atoms with E-state index in [0.717, 1.165) is 5.69 Å². The lowest BCUT2D eigenvalue weighted by Crippen LogP contribution is -2.29. The van der Waals surface area contributed by atoms with Gasteiger partial charge in [0.15, 0.2) is 0 Å². The maximum atomic E-state index is 11.6. The Balaban J connectivity index is 1.93. The number of carbonyl (C=O) groups is 1. The highest BCUT2D eigenvalue weighted by Crippen LogP contribution is 2.11. The third-order valence-electron chi connectivity index (χ3n) is 2.82. The first kappa shape index (κ1) is 14.7. The molecular weight excluding hydrogens is 272 g/mol. The van der Waals surface area contributed by atoms with Crippen molar-refractivity contribution in [3.63, 3.8) is 0 Å². The van der Waals surface area contributed by atoms with Gasteiger partial charge in [0.1, 0.15) is 12.4 Å². The molecule has 0 atom stereocenters. The molecule has 0 bridgehead atoms. The van der Waals surface area contributed by atoms with Crippen LogP contribution < -0.4 is 21.6 Å². The number of nitrogens with zero attached hydrogens (tertiary/aromatic N) is 2. The zero-order valence-corrected chi connectivity index (χ0v) is 11.6. The second kappa shape index (κ2) is 6.67. The fraction of sp³-hybridized carbons (Fsp3) is 0.214. The number of hydrazine groups is 1. The summed E-state index contributed by atoms with van der Waals surface area (Å²) in [6, 6.07) is 9.68. The molecule has 0 spiro atoms. The van der Waals surface area contributed by atoms with Gasteiger partial charge in [-0.3, -0.25) is 15.0 Å². The molecule has 0 unspecified atom stereocenters. The Bertz CT molecular complexity index is 679. The topological polar surface area (TPSA) is 99.2 Å². The maximum Gasteiger partial charge on any atom is 0.266 e. The van der Waals surface area contributed by atoms with Crippen LogP contribution in [0.2, 0.25) is 0 Å². The van der Waals surface area contributed by atoms with Crippen molar-refractivity contribution in [3.8, 4) is 5.75 Å². The van der Waals surface area contributed by atoms with Gasteiger partial charge in [-0.1, -0.05) is 0 Å². The third-order valence-corrected chi connectivity index (χ3v) is 2.82. The monoisotopic (exact) mass is 288 g/mol. The van der Waals surface area contributed by atoms with E-state index >= 15 is 0 Å². The van der Waals surface area contributed by atoms with Crippen LogP contribution in [-0.2, 0) is 6.54 Å². The second-order valence-electron chi connectivity index (χ2n) is 4.38. The molecule has 1 amide bonds. The van der Waals surface area contributed by atoms with Crippen molar-refractivity contribution in [2.75, 3.05) is 6.61 Å². The standard InChI is InChI=1S/C14H16N4O3/c1-10-2-7-13(19)18(17-10)8-9-21-12-5-3-11(4-6-12)14(20)16-15/h2-7H,8-9,15H2,1H3,(H,16,20). The summed E-state index contributed by atoms with van der Waals surface area (Å²) in [6.45, 7) is 2.47. The smallest absolute Gasteiger partial charge is 0.266 e. The minimum Gasteiger partial charge on any atom is -0.492 e. The van der Waals surface area contributed by atoms with Gasteiger partial charge in [-0.15, -0.1) is 0 Å². The molecule has 21 heavy (non-hydrogen) atoms. The second-order valence-corrected chi connectivity index (χ2v) is 4.38. The highest BCUT2D eigenvalue weighted by molar-refractivity contribution is 5.93. The van der Waals surface area contributed by atoms with Crippen molar-refractivity contribution in [1.29, 1.82) is 0 Å². The molecule has 1 heterocycles. The molecule has 110 valence electrons. The molecule has 7 heteroatoms. The number of nitrogen functional groups attached to an aromatic ring is 1. The first-order chi connectivity index (χ1) is 10.1. The summed E-state index contributed by atoms with van der Waals surface area (Å²) < 4.78 is 6.86. The Hall–Kier alpha value is -2.67. The zero-order valence-electron chi connectivity index (χ0n) is 11.6. The van der Waals surface area contributed by atoms with Gasteiger partial charge in [0.25, 0.3) is 11.5 Å². The van der Waals surface area contributed by atoms with Gasteiger partial charge in [-0.25, -0.2) is 10.5 Å².